The van der Waals surface area contributed by atoms with Gasteiger partial charge in [-0.05, 0) is 37.9 Å². The van der Waals surface area contributed by atoms with E-state index in [9.17, 15) is 5.11 Å². The lowest BCUT2D eigenvalue weighted by Gasteiger charge is -2.34. The molecule has 0 unspecified atom stereocenters. The van der Waals surface area contributed by atoms with E-state index in [1.807, 2.05) is 12.1 Å². The summed E-state index contributed by atoms with van der Waals surface area (Å²) in [6.07, 6.45) is 1.92. The van der Waals surface area contributed by atoms with Crippen LogP contribution in [0.3, 0.4) is 0 Å². The largest absolute Gasteiger partial charge is 0.506 e. The average Bonchev–Trinajstić information content (AvgIpc) is 2.42. The maximum Gasteiger partial charge on any atom is 0.144 e. The molecule has 120 valence electrons. The highest BCUT2D eigenvalue weighted by molar-refractivity contribution is 9.11. The van der Waals surface area contributed by atoms with Gasteiger partial charge in [0.05, 0.1) is 15.0 Å². The Kier molecular flexibility index (Phi) is 10.1. The standard InChI is InChI=1S/C13H15Br3N2O.2ClH/c1-2-10(18-5-3-17-4-6-18)11-8(14)7-9(15)13(19)12(11)16;;/h2,7,10,17,19H,1,3-6H2;2*1H/t10-;;/m1../s1. The first-order chi connectivity index (χ1) is 9.06. The number of halogens is 5. The van der Waals surface area contributed by atoms with E-state index in [0.29, 0.717) is 8.95 Å². The number of hydrogen-bond donors (Lipinski definition) is 2. The molecule has 1 aliphatic heterocycles. The average molecular weight is 528 g/mol. The Morgan fingerprint density at radius 2 is 1.76 bits per heavy atom. The summed E-state index contributed by atoms with van der Waals surface area (Å²) in [4.78, 5) is 2.35. The molecule has 3 nitrogen and oxygen atoms in total. The van der Waals surface area contributed by atoms with Crippen molar-refractivity contribution in [3.8, 4) is 5.75 Å². The molecule has 2 N–H and O–H groups in total. The van der Waals surface area contributed by atoms with Gasteiger partial charge in [0.2, 0.25) is 0 Å². The molecule has 1 heterocycles. The molecule has 1 saturated heterocycles. The lowest BCUT2D eigenvalue weighted by molar-refractivity contribution is 0.202. The molecule has 0 amide bonds. The summed E-state index contributed by atoms with van der Waals surface area (Å²) < 4.78 is 2.32. The molecule has 1 aromatic rings. The number of nitrogens with zero attached hydrogens (tertiary/aromatic N) is 1. The number of aromatic hydroxyl groups is 1. The molecule has 8 heteroatoms. The third kappa shape index (κ3) is 4.83. The first-order valence-electron chi connectivity index (χ1n) is 6.00. The fraction of sp³-hybridized carbons (Fsp3) is 0.385. The Bertz CT molecular complexity index is 497. The van der Waals surface area contributed by atoms with Crippen LogP contribution in [-0.2, 0) is 0 Å². The molecule has 0 aromatic heterocycles. The van der Waals surface area contributed by atoms with Crippen LogP contribution in [0.25, 0.3) is 0 Å². The number of nitrogens with one attached hydrogen (secondary N) is 1. The van der Waals surface area contributed by atoms with Crippen molar-refractivity contribution in [2.45, 2.75) is 6.04 Å². The van der Waals surface area contributed by atoms with Crippen LogP contribution in [0.1, 0.15) is 11.6 Å². The zero-order valence-electron chi connectivity index (χ0n) is 11.1. The van der Waals surface area contributed by atoms with E-state index in [2.05, 4.69) is 64.6 Å². The molecule has 0 bridgehead atoms. The predicted octanol–water partition coefficient (Wildman–Crippen LogP) is 4.66. The van der Waals surface area contributed by atoms with Crippen molar-refractivity contribution in [1.82, 2.24) is 10.2 Å². The number of hydrogen-bond acceptors (Lipinski definition) is 3. The molecule has 1 atom stereocenters. The Balaban J connectivity index is 0.00000200. The van der Waals surface area contributed by atoms with Crippen LogP contribution in [0.15, 0.2) is 32.1 Å². The zero-order chi connectivity index (χ0) is 14.0. The monoisotopic (exact) mass is 524 g/mol. The van der Waals surface area contributed by atoms with E-state index in [1.54, 1.807) is 0 Å². The number of benzene rings is 1. The van der Waals surface area contributed by atoms with Crippen LogP contribution in [0, 0.1) is 0 Å². The number of rotatable bonds is 3. The van der Waals surface area contributed by atoms with Crippen LogP contribution < -0.4 is 5.32 Å². The molecule has 0 aliphatic carbocycles. The Morgan fingerprint density at radius 1 is 1.19 bits per heavy atom. The van der Waals surface area contributed by atoms with Gasteiger partial charge in [0.1, 0.15) is 5.75 Å². The SMILES string of the molecule is C=C[C@H](c1c(Br)cc(Br)c(O)c1Br)N1CCNCC1.Cl.Cl. The van der Waals surface area contributed by atoms with Gasteiger partial charge in [-0.25, -0.2) is 0 Å². The summed E-state index contributed by atoms with van der Waals surface area (Å²) in [7, 11) is 0. The van der Waals surface area contributed by atoms with Crippen molar-refractivity contribution >= 4 is 72.6 Å². The van der Waals surface area contributed by atoms with E-state index in [0.717, 1.165) is 36.2 Å². The molecular weight excluding hydrogens is 511 g/mol. The Hall–Kier alpha value is 0.700. The van der Waals surface area contributed by atoms with Gasteiger partial charge < -0.3 is 10.4 Å². The highest BCUT2D eigenvalue weighted by Gasteiger charge is 2.25. The molecule has 1 aliphatic rings. The lowest BCUT2D eigenvalue weighted by atomic mass is 10.0. The van der Waals surface area contributed by atoms with Crippen LogP contribution in [-0.4, -0.2) is 36.2 Å². The molecule has 0 radical (unpaired) electrons. The quantitative estimate of drug-likeness (QED) is 0.562. The minimum absolute atomic E-state index is 0. The van der Waals surface area contributed by atoms with Gasteiger partial charge in [-0.3, -0.25) is 4.90 Å². The lowest BCUT2D eigenvalue weighted by Crippen LogP contribution is -2.44. The summed E-state index contributed by atoms with van der Waals surface area (Å²) in [5.41, 5.74) is 1.01. The Morgan fingerprint density at radius 3 is 2.29 bits per heavy atom. The molecule has 1 fully saturated rings. The second-order valence-corrected chi connectivity index (χ2v) is 6.88. The summed E-state index contributed by atoms with van der Waals surface area (Å²) in [5, 5.41) is 13.4. The van der Waals surface area contributed by atoms with E-state index < -0.39 is 0 Å². The van der Waals surface area contributed by atoms with Crippen molar-refractivity contribution in [2.75, 3.05) is 26.2 Å². The van der Waals surface area contributed by atoms with Gasteiger partial charge in [0, 0.05) is 36.2 Å². The van der Waals surface area contributed by atoms with Gasteiger partial charge in [0.25, 0.3) is 0 Å². The third-order valence-electron chi connectivity index (χ3n) is 3.25. The highest BCUT2D eigenvalue weighted by Crippen LogP contribution is 2.43. The van der Waals surface area contributed by atoms with Gasteiger partial charge in [0.15, 0.2) is 0 Å². The minimum atomic E-state index is 0. The third-order valence-corrected chi connectivity index (χ3v) is 5.31. The molecule has 1 aromatic carbocycles. The number of phenols is 1. The van der Waals surface area contributed by atoms with E-state index in [-0.39, 0.29) is 36.6 Å². The fourth-order valence-corrected chi connectivity index (χ4v) is 4.87. The molecule has 2 rings (SSSR count). The molecule has 21 heavy (non-hydrogen) atoms. The summed E-state index contributed by atoms with van der Waals surface area (Å²) >= 11 is 10.4. The normalized spacial score (nSPS) is 16.5. The van der Waals surface area contributed by atoms with E-state index >= 15 is 0 Å². The van der Waals surface area contributed by atoms with Crippen LogP contribution >= 0.6 is 72.6 Å². The minimum Gasteiger partial charge on any atom is -0.506 e. The maximum absolute atomic E-state index is 10.1. The van der Waals surface area contributed by atoms with E-state index in [4.69, 9.17) is 0 Å². The maximum atomic E-state index is 10.1. The summed E-state index contributed by atoms with van der Waals surface area (Å²) in [5.74, 6) is 0.222. The summed E-state index contributed by atoms with van der Waals surface area (Å²) in [6, 6.07) is 1.94. The van der Waals surface area contributed by atoms with Crippen molar-refractivity contribution in [2.24, 2.45) is 0 Å². The van der Waals surface area contributed by atoms with Crippen LogP contribution in [0.2, 0.25) is 0 Å². The van der Waals surface area contributed by atoms with Gasteiger partial charge >= 0.3 is 0 Å². The highest BCUT2D eigenvalue weighted by atomic mass is 79.9. The van der Waals surface area contributed by atoms with Crippen LogP contribution in [0.5, 0.6) is 5.75 Å². The van der Waals surface area contributed by atoms with Crippen molar-refractivity contribution in [3.05, 3.63) is 37.7 Å². The fourth-order valence-electron chi connectivity index (χ4n) is 2.28. The molecular formula is C13H17Br3Cl2N2O. The van der Waals surface area contributed by atoms with Gasteiger partial charge in [-0.1, -0.05) is 22.0 Å². The molecule has 0 spiro atoms. The van der Waals surface area contributed by atoms with Crippen LogP contribution in [0.4, 0.5) is 0 Å². The molecule has 0 saturated carbocycles. The summed E-state index contributed by atoms with van der Waals surface area (Å²) in [6.45, 7) is 7.83. The second-order valence-electron chi connectivity index (χ2n) is 4.38. The van der Waals surface area contributed by atoms with Crippen molar-refractivity contribution in [3.63, 3.8) is 0 Å². The topological polar surface area (TPSA) is 35.5 Å². The smallest absolute Gasteiger partial charge is 0.144 e. The number of phenolic OH excluding ortho intramolecular Hbond substituents is 1. The van der Waals surface area contributed by atoms with E-state index in [1.165, 1.54) is 0 Å². The first kappa shape index (κ1) is 21.7. The zero-order valence-corrected chi connectivity index (χ0v) is 17.5. The van der Waals surface area contributed by atoms with Crippen molar-refractivity contribution in [1.29, 1.82) is 0 Å². The first-order valence-corrected chi connectivity index (χ1v) is 8.37. The van der Waals surface area contributed by atoms with Gasteiger partial charge in [-0.15, -0.1) is 31.4 Å². The second kappa shape index (κ2) is 9.75. The Labute approximate surface area is 162 Å². The van der Waals surface area contributed by atoms with Crippen molar-refractivity contribution < 1.29 is 5.11 Å². The van der Waals surface area contributed by atoms with Gasteiger partial charge in [-0.2, -0.15) is 0 Å². The predicted molar refractivity (Wildman–Crippen MR) is 103 cm³/mol. The number of piperazine rings is 1.